The highest BCUT2D eigenvalue weighted by Gasteiger charge is 2.14. The van der Waals surface area contributed by atoms with Gasteiger partial charge in [-0.15, -0.1) is 0 Å². The fourth-order valence-corrected chi connectivity index (χ4v) is 3.32. The molecule has 162 valence electrons. The Kier molecular flexibility index (Phi) is 6.12. The molecule has 0 saturated carbocycles. The topological polar surface area (TPSA) is 91.0 Å². The summed E-state index contributed by atoms with van der Waals surface area (Å²) in [5.41, 5.74) is 3.00. The average molecular weight is 429 g/mol. The molecule has 1 N–H and O–H groups in total. The highest BCUT2D eigenvalue weighted by molar-refractivity contribution is 6.03. The van der Waals surface area contributed by atoms with E-state index in [9.17, 15) is 9.59 Å². The van der Waals surface area contributed by atoms with Crippen molar-refractivity contribution in [2.24, 2.45) is 0 Å². The summed E-state index contributed by atoms with van der Waals surface area (Å²) in [5, 5.41) is 11.6. The van der Waals surface area contributed by atoms with E-state index in [0.29, 0.717) is 11.4 Å². The van der Waals surface area contributed by atoms with Gasteiger partial charge in [0.25, 0.3) is 11.5 Å². The van der Waals surface area contributed by atoms with Crippen molar-refractivity contribution in [1.82, 2.24) is 19.6 Å². The minimum atomic E-state index is -0.420. The lowest BCUT2D eigenvalue weighted by Gasteiger charge is -2.13. The maximum absolute atomic E-state index is 12.9. The number of ether oxygens (including phenoxy) is 1. The molecule has 0 saturated heterocycles. The molecule has 0 fully saturated rings. The predicted octanol–water partition coefficient (Wildman–Crippen LogP) is 3.38. The molecule has 0 radical (unpaired) electrons. The molecule has 0 bridgehead atoms. The number of para-hydroxylation sites is 3. The van der Waals surface area contributed by atoms with Crippen LogP contribution < -0.4 is 15.6 Å². The number of benzene rings is 2. The fraction of sp³-hybridized carbons (Fsp3) is 0.167. The number of carbonyl (C=O) groups is 1. The first-order valence-corrected chi connectivity index (χ1v) is 10.2. The van der Waals surface area contributed by atoms with Gasteiger partial charge in [0, 0.05) is 11.8 Å². The van der Waals surface area contributed by atoms with Crippen LogP contribution in [0, 0.1) is 13.8 Å². The molecule has 8 nitrogen and oxygen atoms in total. The number of anilines is 1. The lowest BCUT2D eigenvalue weighted by atomic mass is 10.2. The Morgan fingerprint density at radius 2 is 1.72 bits per heavy atom. The van der Waals surface area contributed by atoms with Crippen LogP contribution in [0.5, 0.6) is 5.75 Å². The normalized spacial score (nSPS) is 10.7. The molecular formula is C24H23N5O3. The molecule has 0 aliphatic carbocycles. The van der Waals surface area contributed by atoms with Gasteiger partial charge >= 0.3 is 0 Å². The van der Waals surface area contributed by atoms with Crippen molar-refractivity contribution < 1.29 is 9.53 Å². The molecular weight excluding hydrogens is 406 g/mol. The van der Waals surface area contributed by atoms with Gasteiger partial charge in [-0.2, -0.15) is 10.2 Å². The van der Waals surface area contributed by atoms with E-state index < -0.39 is 5.91 Å². The van der Waals surface area contributed by atoms with Crippen LogP contribution in [0.1, 0.15) is 21.9 Å². The van der Waals surface area contributed by atoms with Crippen LogP contribution in [-0.2, 0) is 6.54 Å². The Labute approximate surface area is 185 Å². The minimum absolute atomic E-state index is 0.132. The molecule has 1 amide bonds. The van der Waals surface area contributed by atoms with Gasteiger partial charge in [0.1, 0.15) is 18.1 Å². The summed E-state index contributed by atoms with van der Waals surface area (Å²) in [6, 6.07) is 21.4. The summed E-state index contributed by atoms with van der Waals surface area (Å²) in [5.74, 6) is 0.284. The zero-order valence-corrected chi connectivity index (χ0v) is 17.9. The summed E-state index contributed by atoms with van der Waals surface area (Å²) >= 11 is 0. The van der Waals surface area contributed by atoms with Gasteiger partial charge in [0.15, 0.2) is 0 Å². The van der Waals surface area contributed by atoms with Crippen LogP contribution in [0.15, 0.2) is 77.6 Å². The van der Waals surface area contributed by atoms with Crippen LogP contribution in [0.25, 0.3) is 5.69 Å². The first kappa shape index (κ1) is 21.0. The van der Waals surface area contributed by atoms with Crippen molar-refractivity contribution in [2.75, 3.05) is 11.9 Å². The second-order valence-electron chi connectivity index (χ2n) is 7.25. The lowest BCUT2D eigenvalue weighted by molar-refractivity contribution is 0.101. The molecule has 0 spiro atoms. The van der Waals surface area contributed by atoms with E-state index >= 15 is 0 Å². The maximum Gasteiger partial charge on any atom is 0.276 e. The Bertz CT molecular complexity index is 1290. The van der Waals surface area contributed by atoms with E-state index in [4.69, 9.17) is 4.74 Å². The Balaban J connectivity index is 1.50. The second kappa shape index (κ2) is 9.30. The molecule has 0 aliphatic rings. The first-order valence-electron chi connectivity index (χ1n) is 10.2. The molecule has 0 unspecified atom stereocenters. The van der Waals surface area contributed by atoms with Gasteiger partial charge in [-0.1, -0.05) is 30.3 Å². The van der Waals surface area contributed by atoms with Crippen LogP contribution in [0.2, 0.25) is 0 Å². The number of nitrogens with zero attached hydrogens (tertiary/aromatic N) is 4. The molecule has 2 aromatic carbocycles. The zero-order chi connectivity index (χ0) is 22.5. The third-order valence-corrected chi connectivity index (χ3v) is 4.80. The summed E-state index contributed by atoms with van der Waals surface area (Å²) in [6.45, 7) is 4.34. The predicted molar refractivity (Wildman–Crippen MR) is 121 cm³/mol. The Morgan fingerprint density at radius 1 is 0.969 bits per heavy atom. The summed E-state index contributed by atoms with van der Waals surface area (Å²) in [4.78, 5) is 25.1. The number of carbonyl (C=O) groups excluding carboxylic acids is 1. The van der Waals surface area contributed by atoms with E-state index in [-0.39, 0.29) is 24.4 Å². The molecule has 4 rings (SSSR count). The number of aryl methyl sites for hydroxylation is 2. The van der Waals surface area contributed by atoms with Crippen molar-refractivity contribution in [2.45, 2.75) is 20.4 Å². The third kappa shape index (κ3) is 4.75. The Hall–Kier alpha value is -4.20. The van der Waals surface area contributed by atoms with Crippen molar-refractivity contribution >= 4 is 11.6 Å². The molecule has 4 aromatic rings. The van der Waals surface area contributed by atoms with Gasteiger partial charge in [-0.25, -0.2) is 9.36 Å². The molecule has 0 atom stereocenters. The Morgan fingerprint density at radius 3 is 2.47 bits per heavy atom. The fourth-order valence-electron chi connectivity index (χ4n) is 3.32. The molecule has 0 aliphatic heterocycles. The highest BCUT2D eigenvalue weighted by atomic mass is 16.5. The van der Waals surface area contributed by atoms with Crippen LogP contribution >= 0.6 is 0 Å². The maximum atomic E-state index is 12.9. The standard InChI is InChI=1S/C24H23N5O3/c1-17-16-18(2)29(26-17)22-11-7-6-10-20(22)25-24(31)21-12-13-23(30)28(27-21)14-15-32-19-8-4-3-5-9-19/h3-13,16H,14-15H2,1-2H3,(H,25,31). The van der Waals surface area contributed by atoms with Gasteiger partial charge in [0.2, 0.25) is 0 Å². The van der Waals surface area contributed by atoms with E-state index in [1.54, 1.807) is 10.7 Å². The number of rotatable bonds is 7. The van der Waals surface area contributed by atoms with Gasteiger partial charge < -0.3 is 10.1 Å². The van der Waals surface area contributed by atoms with Gasteiger partial charge in [-0.05, 0) is 50.2 Å². The van der Waals surface area contributed by atoms with Crippen LogP contribution in [0.3, 0.4) is 0 Å². The summed E-state index contributed by atoms with van der Waals surface area (Å²) in [6.07, 6.45) is 0. The number of amides is 1. The molecule has 2 heterocycles. The summed E-state index contributed by atoms with van der Waals surface area (Å²) in [7, 11) is 0. The number of nitrogens with one attached hydrogen (secondary N) is 1. The average Bonchev–Trinajstić information content (AvgIpc) is 3.13. The van der Waals surface area contributed by atoms with Crippen molar-refractivity contribution in [3.8, 4) is 11.4 Å². The van der Waals surface area contributed by atoms with E-state index in [0.717, 1.165) is 17.1 Å². The van der Waals surface area contributed by atoms with Gasteiger partial charge in [0.05, 0.1) is 23.6 Å². The van der Waals surface area contributed by atoms with Gasteiger partial charge in [-0.3, -0.25) is 9.59 Å². The third-order valence-electron chi connectivity index (χ3n) is 4.80. The second-order valence-corrected chi connectivity index (χ2v) is 7.25. The SMILES string of the molecule is Cc1cc(C)n(-c2ccccc2NC(=O)c2ccc(=O)n(CCOc3ccccc3)n2)n1. The number of hydrogen-bond acceptors (Lipinski definition) is 5. The minimum Gasteiger partial charge on any atom is -0.492 e. The van der Waals surface area contributed by atoms with E-state index in [1.807, 2.05) is 68.4 Å². The van der Waals surface area contributed by atoms with Crippen molar-refractivity contribution in [3.05, 3.63) is 100 Å². The summed E-state index contributed by atoms with van der Waals surface area (Å²) < 4.78 is 8.63. The first-order chi connectivity index (χ1) is 15.5. The largest absolute Gasteiger partial charge is 0.492 e. The van der Waals surface area contributed by atoms with Crippen molar-refractivity contribution in [3.63, 3.8) is 0 Å². The highest BCUT2D eigenvalue weighted by Crippen LogP contribution is 2.22. The quantitative estimate of drug-likeness (QED) is 0.486. The van der Waals surface area contributed by atoms with Crippen LogP contribution in [-0.4, -0.2) is 32.1 Å². The molecule has 8 heteroatoms. The molecule has 2 aromatic heterocycles. The number of aromatic nitrogens is 4. The molecule has 32 heavy (non-hydrogen) atoms. The smallest absolute Gasteiger partial charge is 0.276 e. The monoisotopic (exact) mass is 429 g/mol. The lowest BCUT2D eigenvalue weighted by Crippen LogP contribution is -2.28. The van der Waals surface area contributed by atoms with Crippen LogP contribution in [0.4, 0.5) is 5.69 Å². The number of hydrogen-bond donors (Lipinski definition) is 1. The van der Waals surface area contributed by atoms with E-state index in [2.05, 4.69) is 15.5 Å². The zero-order valence-electron chi connectivity index (χ0n) is 17.9. The van der Waals surface area contributed by atoms with E-state index in [1.165, 1.54) is 16.8 Å². The van der Waals surface area contributed by atoms with Crippen molar-refractivity contribution in [1.29, 1.82) is 0 Å².